The van der Waals surface area contributed by atoms with Gasteiger partial charge in [-0.05, 0) is 18.2 Å². The van der Waals surface area contributed by atoms with Crippen LogP contribution in [0.25, 0.3) is 0 Å². The van der Waals surface area contributed by atoms with Crippen molar-refractivity contribution in [3.05, 3.63) is 28.8 Å². The first-order valence-electron chi connectivity index (χ1n) is 2.83. The Morgan fingerprint density at radius 1 is 1.42 bits per heavy atom. The van der Waals surface area contributed by atoms with E-state index in [9.17, 15) is 4.79 Å². The maximum absolute atomic E-state index is 10.4. The van der Waals surface area contributed by atoms with Crippen molar-refractivity contribution in [2.24, 2.45) is 0 Å². The van der Waals surface area contributed by atoms with E-state index in [0.29, 0.717) is 5.02 Å². The van der Waals surface area contributed by atoms with Gasteiger partial charge in [0.15, 0.2) is 0 Å². The van der Waals surface area contributed by atoms with Crippen LogP contribution in [0, 0.1) is 0 Å². The van der Waals surface area contributed by atoms with Crippen molar-refractivity contribution in [2.45, 2.75) is 0 Å². The summed E-state index contributed by atoms with van der Waals surface area (Å²) in [6.45, 7) is 0. The van der Waals surface area contributed by atoms with Crippen molar-refractivity contribution < 1.29 is 15.0 Å². The number of benzene rings is 1. The molecule has 12 heavy (non-hydrogen) atoms. The number of rotatable bonds is 1. The number of carboxylic acid groups (broad SMARTS) is 1. The van der Waals surface area contributed by atoms with Crippen molar-refractivity contribution in [3.63, 3.8) is 0 Å². The van der Waals surface area contributed by atoms with E-state index in [1.165, 1.54) is 18.2 Å². The number of carbonyl (C=O) groups is 1. The molecular formula is C7H5ClNaO3. The van der Waals surface area contributed by atoms with Crippen LogP contribution in [0.3, 0.4) is 0 Å². The van der Waals surface area contributed by atoms with E-state index in [1.807, 2.05) is 0 Å². The zero-order valence-electron chi connectivity index (χ0n) is 6.41. The summed E-state index contributed by atoms with van der Waals surface area (Å²) >= 11 is 5.49. The van der Waals surface area contributed by atoms with Gasteiger partial charge in [-0.3, -0.25) is 0 Å². The predicted molar refractivity (Wildman–Crippen MR) is 45.8 cm³/mol. The zero-order chi connectivity index (χ0) is 8.43. The van der Waals surface area contributed by atoms with E-state index in [-0.39, 0.29) is 40.9 Å². The molecule has 1 rings (SSSR count). The molecular weight excluding hydrogens is 191 g/mol. The molecule has 5 heteroatoms. The van der Waals surface area contributed by atoms with Gasteiger partial charge in [-0.1, -0.05) is 11.6 Å². The van der Waals surface area contributed by atoms with Gasteiger partial charge >= 0.3 is 5.97 Å². The van der Waals surface area contributed by atoms with Crippen LogP contribution in [0.5, 0.6) is 5.75 Å². The van der Waals surface area contributed by atoms with Gasteiger partial charge in [0, 0.05) is 34.6 Å². The standard InChI is InChI=1S/C7H5ClO3.Na/c8-4-1-2-6(9)5(3-4)7(10)11;/h1-3,9H,(H,10,11);. The molecule has 0 heterocycles. The zero-order valence-corrected chi connectivity index (χ0v) is 9.17. The molecule has 0 fully saturated rings. The molecule has 0 bridgehead atoms. The molecule has 59 valence electrons. The van der Waals surface area contributed by atoms with Crippen LogP contribution in [0.4, 0.5) is 0 Å². The Bertz CT molecular complexity index is 301. The van der Waals surface area contributed by atoms with Gasteiger partial charge in [-0.25, -0.2) is 4.79 Å². The summed E-state index contributed by atoms with van der Waals surface area (Å²) in [4.78, 5) is 10.4. The summed E-state index contributed by atoms with van der Waals surface area (Å²) in [6.07, 6.45) is 0. The Kier molecular flexibility index (Phi) is 4.63. The fraction of sp³-hybridized carbons (Fsp3) is 0. The minimum absolute atomic E-state index is 0. The number of phenols is 1. The van der Waals surface area contributed by atoms with E-state index in [1.54, 1.807) is 0 Å². The first-order chi connectivity index (χ1) is 5.11. The van der Waals surface area contributed by atoms with Gasteiger partial charge < -0.3 is 10.2 Å². The van der Waals surface area contributed by atoms with Crippen LogP contribution >= 0.6 is 11.6 Å². The fourth-order valence-corrected chi connectivity index (χ4v) is 0.852. The Labute approximate surface area is 96.3 Å². The summed E-state index contributed by atoms with van der Waals surface area (Å²) in [7, 11) is 0. The van der Waals surface area contributed by atoms with E-state index in [0.717, 1.165) is 0 Å². The number of aromatic hydroxyl groups is 1. The Hall–Kier alpha value is -0.220. The second-order valence-corrected chi connectivity index (χ2v) is 2.40. The average molecular weight is 196 g/mol. The van der Waals surface area contributed by atoms with Crippen molar-refractivity contribution in [1.82, 2.24) is 0 Å². The third-order valence-electron chi connectivity index (χ3n) is 1.19. The number of halogens is 1. The van der Waals surface area contributed by atoms with Crippen LogP contribution in [0.15, 0.2) is 18.2 Å². The van der Waals surface area contributed by atoms with Crippen LogP contribution in [0.2, 0.25) is 5.02 Å². The number of carboxylic acids is 1. The second kappa shape index (κ2) is 4.72. The van der Waals surface area contributed by atoms with Gasteiger partial charge in [-0.15, -0.1) is 0 Å². The number of hydrogen-bond acceptors (Lipinski definition) is 2. The second-order valence-electron chi connectivity index (χ2n) is 1.97. The molecule has 0 atom stereocenters. The third kappa shape index (κ3) is 2.68. The van der Waals surface area contributed by atoms with E-state index in [2.05, 4.69) is 0 Å². The molecule has 0 aliphatic carbocycles. The summed E-state index contributed by atoms with van der Waals surface area (Å²) < 4.78 is 0. The molecule has 0 unspecified atom stereocenters. The summed E-state index contributed by atoms with van der Waals surface area (Å²) in [6, 6.07) is 3.86. The van der Waals surface area contributed by atoms with Crippen LogP contribution in [-0.2, 0) is 0 Å². The minimum atomic E-state index is -1.19. The molecule has 2 N–H and O–H groups in total. The number of hydrogen-bond donors (Lipinski definition) is 2. The van der Waals surface area contributed by atoms with Gasteiger partial charge in [0.05, 0.1) is 0 Å². The molecule has 0 amide bonds. The van der Waals surface area contributed by atoms with E-state index in [4.69, 9.17) is 21.8 Å². The summed E-state index contributed by atoms with van der Waals surface area (Å²) in [5, 5.41) is 17.7. The smallest absolute Gasteiger partial charge is 0.339 e. The molecule has 3 nitrogen and oxygen atoms in total. The van der Waals surface area contributed by atoms with Crippen molar-refractivity contribution in [2.75, 3.05) is 0 Å². The van der Waals surface area contributed by atoms with Crippen LogP contribution < -0.4 is 0 Å². The maximum Gasteiger partial charge on any atom is 0.339 e. The van der Waals surface area contributed by atoms with Crippen LogP contribution in [-0.4, -0.2) is 45.7 Å². The van der Waals surface area contributed by atoms with Crippen LogP contribution in [0.1, 0.15) is 10.4 Å². The summed E-state index contributed by atoms with van der Waals surface area (Å²) in [5.74, 6) is -1.47. The molecule has 0 saturated heterocycles. The third-order valence-corrected chi connectivity index (χ3v) is 1.42. The molecule has 1 aromatic rings. The molecule has 0 aromatic heterocycles. The van der Waals surface area contributed by atoms with Crippen molar-refractivity contribution in [1.29, 1.82) is 0 Å². The molecule has 0 saturated carbocycles. The van der Waals surface area contributed by atoms with E-state index < -0.39 is 5.97 Å². The summed E-state index contributed by atoms with van der Waals surface area (Å²) in [5.41, 5.74) is -0.183. The van der Waals surface area contributed by atoms with Gasteiger partial charge in [0.2, 0.25) is 0 Å². The fourth-order valence-electron chi connectivity index (χ4n) is 0.680. The monoisotopic (exact) mass is 195 g/mol. The topological polar surface area (TPSA) is 57.5 Å². The van der Waals surface area contributed by atoms with Crippen molar-refractivity contribution >= 4 is 47.1 Å². The molecule has 0 aliphatic rings. The number of aromatic carboxylic acids is 1. The predicted octanol–water partition coefficient (Wildman–Crippen LogP) is 1.36. The van der Waals surface area contributed by atoms with E-state index >= 15 is 0 Å². The largest absolute Gasteiger partial charge is 0.507 e. The molecule has 0 aliphatic heterocycles. The Balaban J connectivity index is 0.00000121. The SMILES string of the molecule is O=C(O)c1cc(Cl)ccc1O.[Na]. The van der Waals surface area contributed by atoms with Gasteiger partial charge in [0.1, 0.15) is 11.3 Å². The first kappa shape index (κ1) is 11.8. The molecule has 0 spiro atoms. The maximum atomic E-state index is 10.4. The quantitative estimate of drug-likeness (QED) is 0.666. The Morgan fingerprint density at radius 2 is 2.00 bits per heavy atom. The molecule has 1 radical (unpaired) electrons. The normalized spacial score (nSPS) is 8.75. The van der Waals surface area contributed by atoms with Gasteiger partial charge in [0.25, 0.3) is 0 Å². The average Bonchev–Trinajstić information content (AvgIpc) is 1.94. The Morgan fingerprint density at radius 3 is 2.42 bits per heavy atom. The minimum Gasteiger partial charge on any atom is -0.507 e. The molecule has 1 aromatic carbocycles. The van der Waals surface area contributed by atoms with Crippen molar-refractivity contribution in [3.8, 4) is 5.75 Å². The first-order valence-corrected chi connectivity index (χ1v) is 3.21. The van der Waals surface area contributed by atoms with Gasteiger partial charge in [-0.2, -0.15) is 0 Å².